The van der Waals surface area contributed by atoms with E-state index >= 15 is 0 Å². The van der Waals surface area contributed by atoms with E-state index in [-0.39, 0.29) is 10.6 Å². The maximum atomic E-state index is 13.4. The molecule has 0 atom stereocenters. The van der Waals surface area contributed by atoms with Crippen LogP contribution in [0.4, 0.5) is 17.1 Å². The van der Waals surface area contributed by atoms with Gasteiger partial charge in [-0.25, -0.2) is 16.8 Å². The van der Waals surface area contributed by atoms with Gasteiger partial charge in [-0.05, 0) is 42.5 Å². The van der Waals surface area contributed by atoms with Crippen molar-refractivity contribution in [1.82, 2.24) is 0 Å². The van der Waals surface area contributed by atoms with E-state index in [1.807, 2.05) is 0 Å². The minimum atomic E-state index is -4.08. The lowest BCUT2D eigenvalue weighted by Gasteiger charge is -2.24. The predicted octanol–water partition coefficient (Wildman–Crippen LogP) is 2.93. The summed E-state index contributed by atoms with van der Waals surface area (Å²) in [5, 5.41) is 2.64. The van der Waals surface area contributed by atoms with E-state index in [0.717, 1.165) is 14.9 Å². The molecule has 0 aromatic heterocycles. The summed E-state index contributed by atoms with van der Waals surface area (Å²) >= 11 is 0. The SMILES string of the molecule is COc1cccc(N(CC(=O)Nc2cccc(N(C)S(C)(=O)=O)c2)S(=O)(=O)c2ccccc2)c1. The molecule has 0 bridgehead atoms. The van der Waals surface area contributed by atoms with E-state index in [1.165, 1.54) is 38.4 Å². The molecule has 0 radical (unpaired) electrons. The Kier molecular flexibility index (Phi) is 7.48. The quantitative estimate of drug-likeness (QED) is 0.480. The summed E-state index contributed by atoms with van der Waals surface area (Å²) in [4.78, 5) is 13.0. The minimum absolute atomic E-state index is 0.0300. The van der Waals surface area contributed by atoms with Gasteiger partial charge in [-0.3, -0.25) is 13.4 Å². The molecule has 34 heavy (non-hydrogen) atoms. The zero-order valence-corrected chi connectivity index (χ0v) is 20.5. The molecule has 0 aliphatic heterocycles. The highest BCUT2D eigenvalue weighted by molar-refractivity contribution is 7.93. The van der Waals surface area contributed by atoms with E-state index in [0.29, 0.717) is 17.1 Å². The van der Waals surface area contributed by atoms with Crippen molar-refractivity contribution in [3.05, 3.63) is 78.9 Å². The second kappa shape index (κ2) is 10.1. The zero-order chi connectivity index (χ0) is 24.9. The van der Waals surface area contributed by atoms with Crippen LogP contribution in [0, 0.1) is 0 Å². The second-order valence-electron chi connectivity index (χ2n) is 7.36. The van der Waals surface area contributed by atoms with Gasteiger partial charge in [0, 0.05) is 18.8 Å². The fourth-order valence-electron chi connectivity index (χ4n) is 3.10. The average molecular weight is 504 g/mol. The number of hydrogen-bond donors (Lipinski definition) is 1. The molecule has 0 fully saturated rings. The molecular formula is C23H25N3O6S2. The van der Waals surface area contributed by atoms with Gasteiger partial charge in [0.2, 0.25) is 15.9 Å². The summed E-state index contributed by atoms with van der Waals surface area (Å²) in [6.45, 7) is -0.517. The number of rotatable bonds is 9. The van der Waals surface area contributed by atoms with Crippen LogP contribution in [-0.2, 0) is 24.8 Å². The van der Waals surface area contributed by atoms with E-state index in [2.05, 4.69) is 5.32 Å². The Hall–Kier alpha value is -3.57. The number of benzene rings is 3. The molecule has 11 heteroatoms. The Morgan fingerprint density at radius 3 is 2.18 bits per heavy atom. The standard InChI is InChI=1S/C23H25N3O6S2/c1-25(33(3,28)29)19-10-7-9-18(15-19)24-23(27)17-26(20-11-8-12-21(16-20)32-2)34(30,31)22-13-5-4-6-14-22/h4-16H,17H2,1-3H3,(H,24,27). The Morgan fingerprint density at radius 1 is 0.882 bits per heavy atom. The van der Waals surface area contributed by atoms with Crippen molar-refractivity contribution in [2.75, 3.05) is 40.9 Å². The van der Waals surface area contributed by atoms with Crippen molar-refractivity contribution >= 4 is 43.0 Å². The molecule has 9 nitrogen and oxygen atoms in total. The molecule has 0 heterocycles. The van der Waals surface area contributed by atoms with Crippen molar-refractivity contribution in [2.24, 2.45) is 0 Å². The molecule has 0 unspecified atom stereocenters. The van der Waals surface area contributed by atoms with E-state index in [9.17, 15) is 21.6 Å². The summed E-state index contributed by atoms with van der Waals surface area (Å²) in [5.41, 5.74) is 0.923. The van der Waals surface area contributed by atoms with Gasteiger partial charge in [0.1, 0.15) is 12.3 Å². The smallest absolute Gasteiger partial charge is 0.264 e. The van der Waals surface area contributed by atoms with Gasteiger partial charge in [-0.2, -0.15) is 0 Å². The van der Waals surface area contributed by atoms with Crippen LogP contribution in [0.25, 0.3) is 0 Å². The monoisotopic (exact) mass is 503 g/mol. The van der Waals surface area contributed by atoms with Crippen molar-refractivity contribution in [3.63, 3.8) is 0 Å². The lowest BCUT2D eigenvalue weighted by atomic mass is 10.2. The third kappa shape index (κ3) is 5.86. The van der Waals surface area contributed by atoms with Crippen LogP contribution in [0.3, 0.4) is 0 Å². The van der Waals surface area contributed by atoms with Crippen LogP contribution in [0.15, 0.2) is 83.8 Å². The first kappa shape index (κ1) is 25.1. The molecule has 180 valence electrons. The molecule has 0 spiro atoms. The number of nitrogens with one attached hydrogen (secondary N) is 1. The van der Waals surface area contributed by atoms with Crippen LogP contribution in [0.5, 0.6) is 5.75 Å². The van der Waals surface area contributed by atoms with Gasteiger partial charge in [0.25, 0.3) is 10.0 Å². The fraction of sp³-hybridized carbons (Fsp3) is 0.174. The van der Waals surface area contributed by atoms with Gasteiger partial charge < -0.3 is 10.1 Å². The lowest BCUT2D eigenvalue weighted by Crippen LogP contribution is -2.38. The zero-order valence-electron chi connectivity index (χ0n) is 18.9. The lowest BCUT2D eigenvalue weighted by molar-refractivity contribution is -0.114. The number of sulfonamides is 2. The normalized spacial score (nSPS) is 11.5. The second-order valence-corrected chi connectivity index (χ2v) is 11.2. The molecule has 3 aromatic carbocycles. The molecule has 3 aromatic rings. The number of carbonyl (C=O) groups is 1. The number of nitrogens with zero attached hydrogens (tertiary/aromatic N) is 2. The average Bonchev–Trinajstić information content (AvgIpc) is 2.82. The molecule has 1 N–H and O–H groups in total. The number of ether oxygens (including phenoxy) is 1. The van der Waals surface area contributed by atoms with Crippen molar-refractivity contribution < 1.29 is 26.4 Å². The molecule has 0 aliphatic rings. The Bertz CT molecular complexity index is 1380. The molecule has 0 aliphatic carbocycles. The molecule has 0 saturated heterocycles. The van der Waals surface area contributed by atoms with Crippen LogP contribution in [0.1, 0.15) is 0 Å². The summed E-state index contributed by atoms with van der Waals surface area (Å²) in [7, 11) is -4.71. The van der Waals surface area contributed by atoms with E-state index in [4.69, 9.17) is 4.74 Å². The van der Waals surface area contributed by atoms with Crippen LogP contribution in [0.2, 0.25) is 0 Å². The van der Waals surface area contributed by atoms with Gasteiger partial charge in [0.05, 0.1) is 29.6 Å². The third-order valence-corrected chi connectivity index (χ3v) is 7.94. The summed E-state index contributed by atoms with van der Waals surface area (Å²) in [6, 6.07) is 20.4. The highest BCUT2D eigenvalue weighted by Gasteiger charge is 2.27. The summed E-state index contributed by atoms with van der Waals surface area (Å²) in [5.74, 6) is -0.177. The number of amides is 1. The highest BCUT2D eigenvalue weighted by Crippen LogP contribution is 2.27. The highest BCUT2D eigenvalue weighted by atomic mass is 32.2. The number of carbonyl (C=O) groups excluding carboxylic acids is 1. The Morgan fingerprint density at radius 2 is 1.53 bits per heavy atom. The minimum Gasteiger partial charge on any atom is -0.497 e. The van der Waals surface area contributed by atoms with E-state index in [1.54, 1.807) is 54.6 Å². The number of methoxy groups -OCH3 is 1. The van der Waals surface area contributed by atoms with Crippen LogP contribution < -0.4 is 18.7 Å². The largest absolute Gasteiger partial charge is 0.497 e. The first-order chi connectivity index (χ1) is 16.0. The maximum Gasteiger partial charge on any atom is 0.264 e. The number of anilines is 3. The topological polar surface area (TPSA) is 113 Å². The third-order valence-electron chi connectivity index (χ3n) is 4.95. The number of hydrogen-bond acceptors (Lipinski definition) is 6. The van der Waals surface area contributed by atoms with Gasteiger partial charge in [-0.1, -0.05) is 30.3 Å². The molecule has 1 amide bonds. The Balaban J connectivity index is 1.92. The van der Waals surface area contributed by atoms with Gasteiger partial charge in [-0.15, -0.1) is 0 Å². The van der Waals surface area contributed by atoms with Gasteiger partial charge >= 0.3 is 0 Å². The van der Waals surface area contributed by atoms with Crippen molar-refractivity contribution in [3.8, 4) is 5.75 Å². The molecule has 3 rings (SSSR count). The maximum absolute atomic E-state index is 13.4. The Labute approximate surface area is 199 Å². The van der Waals surface area contributed by atoms with Crippen molar-refractivity contribution in [2.45, 2.75) is 4.90 Å². The fourth-order valence-corrected chi connectivity index (χ4v) is 5.03. The first-order valence-corrected chi connectivity index (χ1v) is 13.4. The van der Waals surface area contributed by atoms with Gasteiger partial charge in [0.15, 0.2) is 0 Å². The van der Waals surface area contributed by atoms with E-state index < -0.39 is 32.5 Å². The van der Waals surface area contributed by atoms with Crippen molar-refractivity contribution in [1.29, 1.82) is 0 Å². The molecule has 0 saturated carbocycles. The predicted molar refractivity (Wildman–Crippen MR) is 132 cm³/mol. The van der Waals surface area contributed by atoms with Crippen LogP contribution >= 0.6 is 0 Å². The summed E-state index contributed by atoms with van der Waals surface area (Å²) < 4.78 is 57.7. The van der Waals surface area contributed by atoms with Crippen LogP contribution in [-0.4, -0.2) is 49.7 Å². The summed E-state index contributed by atoms with van der Waals surface area (Å²) in [6.07, 6.45) is 1.07. The molecular weight excluding hydrogens is 478 g/mol. The first-order valence-electron chi connectivity index (χ1n) is 10.1.